The minimum Gasteiger partial charge on any atom is -0.482 e. The molecular formula is C15H14N2O3S. The molecule has 5 nitrogen and oxygen atoms in total. The number of hydrogen-bond acceptors (Lipinski definition) is 4. The lowest BCUT2D eigenvalue weighted by Gasteiger charge is -2.18. The number of carbonyl (C=O) groups excluding carboxylic acids is 2. The van der Waals surface area contributed by atoms with Gasteiger partial charge in [0.05, 0.1) is 5.69 Å². The number of fused-ring (bicyclic) bond motifs is 1. The lowest BCUT2D eigenvalue weighted by molar-refractivity contribution is -0.118. The van der Waals surface area contributed by atoms with E-state index < -0.39 is 0 Å². The number of hydrogen-bond donors (Lipinski definition) is 2. The van der Waals surface area contributed by atoms with E-state index in [-0.39, 0.29) is 18.4 Å². The number of amides is 2. The van der Waals surface area contributed by atoms with E-state index >= 15 is 0 Å². The molecule has 0 aliphatic carbocycles. The minimum atomic E-state index is -0.210. The van der Waals surface area contributed by atoms with Crippen molar-refractivity contribution in [3.8, 4) is 5.75 Å². The molecule has 1 aliphatic heterocycles. The number of rotatable bonds is 4. The number of anilines is 1. The van der Waals surface area contributed by atoms with Gasteiger partial charge >= 0.3 is 0 Å². The van der Waals surface area contributed by atoms with Crippen molar-refractivity contribution in [1.82, 2.24) is 5.32 Å². The summed E-state index contributed by atoms with van der Waals surface area (Å²) < 4.78 is 5.26. The van der Waals surface area contributed by atoms with E-state index in [0.29, 0.717) is 23.5 Å². The molecule has 0 spiro atoms. The summed E-state index contributed by atoms with van der Waals surface area (Å²) in [5.41, 5.74) is 1.04. The van der Waals surface area contributed by atoms with E-state index in [9.17, 15) is 9.59 Å². The van der Waals surface area contributed by atoms with Crippen molar-refractivity contribution >= 4 is 28.8 Å². The number of carbonyl (C=O) groups is 2. The van der Waals surface area contributed by atoms with Gasteiger partial charge in [-0.15, -0.1) is 11.3 Å². The van der Waals surface area contributed by atoms with Crippen LogP contribution in [0.5, 0.6) is 5.75 Å². The fraction of sp³-hybridized carbons (Fsp3) is 0.200. The van der Waals surface area contributed by atoms with Crippen molar-refractivity contribution in [1.29, 1.82) is 0 Å². The zero-order valence-corrected chi connectivity index (χ0v) is 12.0. The Morgan fingerprint density at radius 3 is 3.10 bits per heavy atom. The number of thiophene rings is 1. The Hall–Kier alpha value is -2.34. The predicted molar refractivity (Wildman–Crippen MR) is 80.9 cm³/mol. The van der Waals surface area contributed by atoms with Crippen molar-refractivity contribution in [2.24, 2.45) is 0 Å². The van der Waals surface area contributed by atoms with Gasteiger partial charge < -0.3 is 15.4 Å². The molecule has 0 radical (unpaired) electrons. The SMILES string of the molecule is O=C1COc2ccc(C(=O)NCCc3cccs3)cc2N1. The molecular weight excluding hydrogens is 288 g/mol. The fourth-order valence-corrected chi connectivity index (χ4v) is 2.79. The van der Waals surface area contributed by atoms with Gasteiger partial charge in [0, 0.05) is 17.0 Å². The Morgan fingerprint density at radius 1 is 1.38 bits per heavy atom. The molecule has 2 heterocycles. The first-order valence-electron chi connectivity index (χ1n) is 6.59. The summed E-state index contributed by atoms with van der Waals surface area (Å²) >= 11 is 1.67. The Bertz CT molecular complexity index is 668. The zero-order valence-electron chi connectivity index (χ0n) is 11.2. The van der Waals surface area contributed by atoms with Crippen LogP contribution in [0.4, 0.5) is 5.69 Å². The number of ether oxygens (including phenoxy) is 1. The van der Waals surface area contributed by atoms with Crippen molar-refractivity contribution in [2.75, 3.05) is 18.5 Å². The quantitative estimate of drug-likeness (QED) is 0.908. The third-order valence-corrected chi connectivity index (χ3v) is 4.05. The lowest BCUT2D eigenvalue weighted by Crippen LogP contribution is -2.27. The third-order valence-electron chi connectivity index (χ3n) is 3.11. The van der Waals surface area contributed by atoms with Crippen molar-refractivity contribution in [3.63, 3.8) is 0 Å². The van der Waals surface area contributed by atoms with E-state index in [1.54, 1.807) is 29.5 Å². The fourth-order valence-electron chi connectivity index (χ4n) is 2.08. The second-order valence-corrected chi connectivity index (χ2v) is 5.67. The summed E-state index contributed by atoms with van der Waals surface area (Å²) in [6.45, 7) is 0.596. The summed E-state index contributed by atoms with van der Waals surface area (Å²) in [7, 11) is 0. The van der Waals surface area contributed by atoms with Crippen LogP contribution >= 0.6 is 11.3 Å². The third kappa shape index (κ3) is 3.22. The van der Waals surface area contributed by atoms with Crippen LogP contribution in [-0.4, -0.2) is 25.0 Å². The lowest BCUT2D eigenvalue weighted by atomic mass is 10.1. The summed E-state index contributed by atoms with van der Waals surface area (Å²) in [4.78, 5) is 24.6. The maximum atomic E-state index is 12.1. The van der Waals surface area contributed by atoms with Crippen LogP contribution in [-0.2, 0) is 11.2 Å². The Balaban J connectivity index is 1.62. The van der Waals surface area contributed by atoms with Crippen LogP contribution in [0.1, 0.15) is 15.2 Å². The van der Waals surface area contributed by atoms with Crippen LogP contribution in [0.2, 0.25) is 0 Å². The van der Waals surface area contributed by atoms with Crippen molar-refractivity contribution in [2.45, 2.75) is 6.42 Å². The first-order valence-corrected chi connectivity index (χ1v) is 7.47. The number of benzene rings is 1. The van der Waals surface area contributed by atoms with Gasteiger partial charge in [-0.2, -0.15) is 0 Å². The van der Waals surface area contributed by atoms with Crippen LogP contribution in [0.15, 0.2) is 35.7 Å². The molecule has 2 N–H and O–H groups in total. The summed E-state index contributed by atoms with van der Waals surface area (Å²) in [5, 5.41) is 7.58. The van der Waals surface area contributed by atoms with Crippen LogP contribution in [0.25, 0.3) is 0 Å². The van der Waals surface area contributed by atoms with E-state index in [2.05, 4.69) is 10.6 Å². The molecule has 0 unspecified atom stereocenters. The normalized spacial score (nSPS) is 13.0. The summed E-state index contributed by atoms with van der Waals surface area (Å²) in [6.07, 6.45) is 0.814. The van der Waals surface area contributed by atoms with Crippen LogP contribution < -0.4 is 15.4 Å². The molecule has 108 valence electrons. The molecule has 6 heteroatoms. The maximum absolute atomic E-state index is 12.1. The van der Waals surface area contributed by atoms with Gasteiger partial charge in [-0.25, -0.2) is 0 Å². The zero-order chi connectivity index (χ0) is 14.7. The second kappa shape index (κ2) is 5.97. The first-order chi connectivity index (χ1) is 10.2. The average molecular weight is 302 g/mol. The van der Waals surface area contributed by atoms with Crippen molar-refractivity contribution in [3.05, 3.63) is 46.2 Å². The van der Waals surface area contributed by atoms with Crippen molar-refractivity contribution < 1.29 is 14.3 Å². The molecule has 0 saturated carbocycles. The Labute approximate surface area is 125 Å². The smallest absolute Gasteiger partial charge is 0.262 e. The Kier molecular flexibility index (Phi) is 3.87. The minimum absolute atomic E-state index is 0.0133. The van der Waals surface area contributed by atoms with Crippen LogP contribution in [0.3, 0.4) is 0 Å². The molecule has 0 fully saturated rings. The second-order valence-electron chi connectivity index (χ2n) is 4.63. The Morgan fingerprint density at radius 2 is 2.29 bits per heavy atom. The summed E-state index contributed by atoms with van der Waals surface area (Å²) in [6, 6.07) is 9.06. The topological polar surface area (TPSA) is 67.4 Å². The van der Waals surface area contributed by atoms with E-state index in [1.165, 1.54) is 4.88 Å². The van der Waals surface area contributed by atoms with E-state index in [0.717, 1.165) is 6.42 Å². The molecule has 21 heavy (non-hydrogen) atoms. The highest BCUT2D eigenvalue weighted by Crippen LogP contribution is 2.28. The van der Waals surface area contributed by atoms with Gasteiger partial charge in [0.15, 0.2) is 6.61 Å². The van der Waals surface area contributed by atoms with Gasteiger partial charge in [-0.3, -0.25) is 9.59 Å². The highest BCUT2D eigenvalue weighted by Gasteiger charge is 2.17. The monoisotopic (exact) mass is 302 g/mol. The standard InChI is InChI=1S/C15H14N2O3S/c18-14-9-20-13-4-3-10(8-12(13)17-14)15(19)16-6-5-11-2-1-7-21-11/h1-4,7-8H,5-6,9H2,(H,16,19)(H,17,18). The van der Waals surface area contributed by atoms with Gasteiger partial charge in [-0.1, -0.05) is 6.07 Å². The molecule has 1 aliphatic rings. The van der Waals surface area contributed by atoms with Gasteiger partial charge in [0.2, 0.25) is 0 Å². The van der Waals surface area contributed by atoms with Crippen LogP contribution in [0, 0.1) is 0 Å². The molecule has 2 aromatic rings. The first kappa shape index (κ1) is 13.6. The molecule has 3 rings (SSSR count). The molecule has 1 aromatic heterocycles. The van der Waals surface area contributed by atoms with Gasteiger partial charge in [0.25, 0.3) is 11.8 Å². The highest BCUT2D eigenvalue weighted by atomic mass is 32.1. The van der Waals surface area contributed by atoms with E-state index in [1.807, 2.05) is 17.5 Å². The number of nitrogens with one attached hydrogen (secondary N) is 2. The van der Waals surface area contributed by atoms with Gasteiger partial charge in [-0.05, 0) is 36.1 Å². The molecule has 2 amide bonds. The summed E-state index contributed by atoms with van der Waals surface area (Å²) in [5.74, 6) is 0.219. The maximum Gasteiger partial charge on any atom is 0.262 e. The van der Waals surface area contributed by atoms with Gasteiger partial charge in [0.1, 0.15) is 5.75 Å². The van der Waals surface area contributed by atoms with E-state index in [4.69, 9.17) is 4.74 Å². The predicted octanol–water partition coefficient (Wildman–Crippen LogP) is 2.05. The molecule has 0 bridgehead atoms. The molecule has 0 saturated heterocycles. The molecule has 0 atom stereocenters. The highest BCUT2D eigenvalue weighted by molar-refractivity contribution is 7.09. The molecule has 1 aromatic carbocycles. The average Bonchev–Trinajstić information content (AvgIpc) is 2.99. The largest absolute Gasteiger partial charge is 0.482 e.